The molecular weight excluding hydrogens is 310 g/mol. The highest BCUT2D eigenvalue weighted by Crippen LogP contribution is 2.33. The van der Waals surface area contributed by atoms with Crippen LogP contribution in [0.1, 0.15) is 61.8 Å². The van der Waals surface area contributed by atoms with E-state index in [1.54, 1.807) is 6.20 Å². The van der Waals surface area contributed by atoms with Crippen molar-refractivity contribution in [3.8, 4) is 0 Å². The molecule has 130 valence electrons. The fourth-order valence-electron chi connectivity index (χ4n) is 3.71. The molecule has 25 heavy (non-hydrogen) atoms. The Kier molecular flexibility index (Phi) is 4.63. The first-order chi connectivity index (χ1) is 12.3. The zero-order chi connectivity index (χ0) is 17.1. The Balaban J connectivity index is 1.69. The van der Waals surface area contributed by atoms with Crippen LogP contribution in [0.2, 0.25) is 0 Å². The van der Waals surface area contributed by atoms with Crippen molar-refractivity contribution in [2.45, 2.75) is 57.9 Å². The summed E-state index contributed by atoms with van der Waals surface area (Å²) >= 11 is 0. The molecule has 1 fully saturated rings. The second-order valence-electron chi connectivity index (χ2n) is 6.87. The molecule has 1 aliphatic rings. The van der Waals surface area contributed by atoms with Gasteiger partial charge in [-0.25, -0.2) is 4.98 Å². The van der Waals surface area contributed by atoms with Gasteiger partial charge in [-0.05, 0) is 30.9 Å². The van der Waals surface area contributed by atoms with Crippen molar-refractivity contribution in [2.24, 2.45) is 0 Å². The van der Waals surface area contributed by atoms with Gasteiger partial charge in [-0.1, -0.05) is 32.3 Å². The third-order valence-corrected chi connectivity index (χ3v) is 5.17. The second kappa shape index (κ2) is 7.21. The molecule has 0 saturated heterocycles. The van der Waals surface area contributed by atoms with E-state index in [-0.39, 0.29) is 0 Å². The van der Waals surface area contributed by atoms with Gasteiger partial charge >= 0.3 is 0 Å². The van der Waals surface area contributed by atoms with E-state index < -0.39 is 0 Å². The summed E-state index contributed by atoms with van der Waals surface area (Å²) in [5, 5.41) is 8.11. The van der Waals surface area contributed by atoms with Crippen molar-refractivity contribution in [3.05, 3.63) is 53.6 Å². The second-order valence-corrected chi connectivity index (χ2v) is 6.87. The van der Waals surface area contributed by atoms with Crippen molar-refractivity contribution in [3.63, 3.8) is 0 Å². The van der Waals surface area contributed by atoms with Crippen LogP contribution in [0.3, 0.4) is 0 Å². The molecule has 1 aliphatic carbocycles. The maximum absolute atomic E-state index is 4.99. The van der Waals surface area contributed by atoms with Gasteiger partial charge in [0.25, 0.3) is 0 Å². The van der Waals surface area contributed by atoms with E-state index >= 15 is 0 Å². The van der Waals surface area contributed by atoms with Crippen LogP contribution in [0.25, 0.3) is 5.65 Å². The smallest absolute Gasteiger partial charge is 0.160 e. The Labute approximate surface area is 148 Å². The van der Waals surface area contributed by atoms with E-state index in [0.717, 1.165) is 30.0 Å². The maximum Gasteiger partial charge on any atom is 0.160 e. The zero-order valence-corrected chi connectivity index (χ0v) is 14.8. The van der Waals surface area contributed by atoms with Crippen LogP contribution < -0.4 is 5.32 Å². The quantitative estimate of drug-likeness (QED) is 0.753. The number of aromatic nitrogens is 4. The molecular formula is C20H25N5. The summed E-state index contributed by atoms with van der Waals surface area (Å²) in [4.78, 5) is 9.19. The molecule has 3 aromatic heterocycles. The van der Waals surface area contributed by atoms with Gasteiger partial charge in [0.1, 0.15) is 5.82 Å². The lowest BCUT2D eigenvalue weighted by Gasteiger charge is -2.22. The first kappa shape index (κ1) is 16.1. The topological polar surface area (TPSA) is 55.1 Å². The molecule has 0 bridgehead atoms. The molecule has 4 rings (SSSR count). The summed E-state index contributed by atoms with van der Waals surface area (Å²) in [6.07, 6.45) is 13.1. The van der Waals surface area contributed by atoms with E-state index in [1.165, 1.54) is 43.4 Å². The summed E-state index contributed by atoms with van der Waals surface area (Å²) in [6, 6.07) is 6.25. The summed E-state index contributed by atoms with van der Waals surface area (Å²) in [5.74, 6) is 1.60. The third-order valence-electron chi connectivity index (χ3n) is 5.17. The Morgan fingerprint density at radius 2 is 2.08 bits per heavy atom. The van der Waals surface area contributed by atoms with Crippen molar-refractivity contribution in [1.29, 1.82) is 0 Å². The van der Waals surface area contributed by atoms with E-state index in [2.05, 4.69) is 34.5 Å². The van der Waals surface area contributed by atoms with E-state index in [0.29, 0.717) is 5.92 Å². The molecule has 5 nitrogen and oxygen atoms in total. The van der Waals surface area contributed by atoms with Crippen molar-refractivity contribution >= 4 is 11.5 Å². The predicted octanol–water partition coefficient (Wildman–Crippen LogP) is 4.35. The highest BCUT2D eigenvalue weighted by Gasteiger charge is 2.20. The largest absolute Gasteiger partial charge is 0.366 e. The van der Waals surface area contributed by atoms with Gasteiger partial charge in [-0.3, -0.25) is 4.98 Å². The standard InChI is InChI=1S/C20H25N5/c1-2-16-14-23-25-19(22-13-15-7-6-10-21-12-15)11-18(24-20(16)25)17-8-4-3-5-9-17/h6-7,10-12,14,17,22H,2-5,8-9,13H2,1H3. The predicted molar refractivity (Wildman–Crippen MR) is 99.8 cm³/mol. The molecule has 1 saturated carbocycles. The first-order valence-corrected chi connectivity index (χ1v) is 9.35. The molecule has 0 amide bonds. The lowest BCUT2D eigenvalue weighted by atomic mass is 9.87. The van der Waals surface area contributed by atoms with Gasteiger partial charge in [0.05, 0.1) is 6.20 Å². The highest BCUT2D eigenvalue weighted by atomic mass is 15.3. The van der Waals surface area contributed by atoms with E-state index in [9.17, 15) is 0 Å². The van der Waals surface area contributed by atoms with Gasteiger partial charge in [-0.2, -0.15) is 9.61 Å². The van der Waals surface area contributed by atoms with Gasteiger partial charge < -0.3 is 5.32 Å². The first-order valence-electron chi connectivity index (χ1n) is 9.35. The Hall–Kier alpha value is -2.43. The number of aryl methyl sites for hydroxylation is 1. The fourth-order valence-corrected chi connectivity index (χ4v) is 3.71. The molecule has 0 spiro atoms. The molecule has 0 aromatic carbocycles. The number of pyridine rings is 1. The third kappa shape index (κ3) is 3.36. The van der Waals surface area contributed by atoms with Crippen LogP contribution >= 0.6 is 0 Å². The molecule has 0 atom stereocenters. The van der Waals surface area contributed by atoms with Crippen molar-refractivity contribution < 1.29 is 0 Å². The van der Waals surface area contributed by atoms with Crippen molar-refractivity contribution in [2.75, 3.05) is 5.32 Å². The molecule has 3 heterocycles. The zero-order valence-electron chi connectivity index (χ0n) is 14.8. The number of fused-ring (bicyclic) bond motifs is 1. The van der Waals surface area contributed by atoms with Crippen LogP contribution in [0, 0.1) is 0 Å². The summed E-state index contributed by atoms with van der Waals surface area (Å²) in [5.41, 5.74) is 4.59. The minimum atomic E-state index is 0.581. The Morgan fingerprint density at radius 1 is 1.20 bits per heavy atom. The minimum absolute atomic E-state index is 0.581. The average molecular weight is 335 g/mol. The highest BCUT2D eigenvalue weighted by molar-refractivity contribution is 5.55. The van der Waals surface area contributed by atoms with Crippen LogP contribution in [0.15, 0.2) is 36.8 Å². The molecule has 0 radical (unpaired) electrons. The summed E-state index contributed by atoms with van der Waals surface area (Å²) in [7, 11) is 0. The van der Waals surface area contributed by atoms with Gasteiger partial charge in [0, 0.05) is 42.2 Å². The summed E-state index contributed by atoms with van der Waals surface area (Å²) in [6.45, 7) is 2.90. The lowest BCUT2D eigenvalue weighted by molar-refractivity contribution is 0.437. The minimum Gasteiger partial charge on any atom is -0.366 e. The van der Waals surface area contributed by atoms with E-state index in [1.807, 2.05) is 23.0 Å². The van der Waals surface area contributed by atoms with Gasteiger partial charge in [-0.15, -0.1) is 0 Å². The Bertz CT molecular complexity index is 834. The van der Waals surface area contributed by atoms with Crippen LogP contribution in [0.5, 0.6) is 0 Å². The van der Waals surface area contributed by atoms with Crippen LogP contribution in [-0.4, -0.2) is 19.6 Å². The van der Waals surface area contributed by atoms with Gasteiger partial charge in [0.2, 0.25) is 0 Å². The van der Waals surface area contributed by atoms with Crippen molar-refractivity contribution in [1.82, 2.24) is 19.6 Å². The molecule has 0 aliphatic heterocycles. The number of rotatable bonds is 5. The number of anilines is 1. The lowest BCUT2D eigenvalue weighted by Crippen LogP contribution is -2.12. The fraction of sp³-hybridized carbons (Fsp3) is 0.450. The average Bonchev–Trinajstić information content (AvgIpc) is 3.11. The molecule has 0 unspecified atom stereocenters. The van der Waals surface area contributed by atoms with E-state index in [4.69, 9.17) is 4.98 Å². The number of nitrogens with zero attached hydrogens (tertiary/aromatic N) is 4. The molecule has 3 aromatic rings. The van der Waals surface area contributed by atoms with Crippen LogP contribution in [0.4, 0.5) is 5.82 Å². The number of hydrogen-bond acceptors (Lipinski definition) is 4. The summed E-state index contributed by atoms with van der Waals surface area (Å²) < 4.78 is 1.95. The SMILES string of the molecule is CCc1cnn2c(NCc3cccnc3)cc(C3CCCCC3)nc12. The number of hydrogen-bond donors (Lipinski definition) is 1. The maximum atomic E-state index is 4.99. The Morgan fingerprint density at radius 3 is 2.84 bits per heavy atom. The molecule has 5 heteroatoms. The van der Waals surface area contributed by atoms with Gasteiger partial charge in [0.15, 0.2) is 5.65 Å². The monoisotopic (exact) mass is 335 g/mol. The molecule has 1 N–H and O–H groups in total. The normalized spacial score (nSPS) is 15.6. The van der Waals surface area contributed by atoms with Crippen LogP contribution in [-0.2, 0) is 13.0 Å². The number of nitrogens with one attached hydrogen (secondary N) is 1.